The predicted molar refractivity (Wildman–Crippen MR) is 89.6 cm³/mol. The van der Waals surface area contributed by atoms with Gasteiger partial charge in [-0.1, -0.05) is 0 Å². The molecule has 3 N–H and O–H groups in total. The molecule has 0 aliphatic carbocycles. The number of benzene rings is 1. The van der Waals surface area contributed by atoms with E-state index in [0.717, 1.165) is 6.07 Å². The number of nitrogens with two attached hydrogens (primary N) is 1. The van der Waals surface area contributed by atoms with Crippen LogP contribution in [0.3, 0.4) is 0 Å². The molecule has 1 unspecified atom stereocenters. The fourth-order valence-corrected chi connectivity index (χ4v) is 2.06. The van der Waals surface area contributed by atoms with Crippen molar-refractivity contribution in [1.29, 1.82) is 0 Å². The number of carbonyl (C=O) groups is 2. The van der Waals surface area contributed by atoms with Gasteiger partial charge in [-0.25, -0.2) is 4.39 Å². The Labute approximate surface area is 144 Å². The van der Waals surface area contributed by atoms with Crippen LogP contribution in [0.4, 0.5) is 4.39 Å². The zero-order valence-corrected chi connectivity index (χ0v) is 14.8. The Bertz CT molecular complexity index is 531. The van der Waals surface area contributed by atoms with E-state index in [0.29, 0.717) is 11.0 Å². The highest BCUT2D eigenvalue weighted by atomic mass is 79.9. The zero-order chi connectivity index (χ0) is 16.0. The minimum atomic E-state index is -0.490. The van der Waals surface area contributed by atoms with Crippen molar-refractivity contribution in [3.63, 3.8) is 0 Å². The maximum Gasteiger partial charge on any atom is 0.252 e. The molecule has 0 radical (unpaired) electrons. The summed E-state index contributed by atoms with van der Waals surface area (Å²) >= 11 is 3.19. The third kappa shape index (κ3) is 5.90. The lowest BCUT2D eigenvalue weighted by Gasteiger charge is -2.23. The Hall–Kier alpha value is -1.18. The molecule has 2 amide bonds. The van der Waals surface area contributed by atoms with E-state index in [1.165, 1.54) is 12.1 Å². The highest BCUT2D eigenvalue weighted by Gasteiger charge is 2.15. The van der Waals surface area contributed by atoms with Crippen molar-refractivity contribution in [3.8, 4) is 0 Å². The Morgan fingerprint density at radius 2 is 2.09 bits per heavy atom. The summed E-state index contributed by atoms with van der Waals surface area (Å²) in [7, 11) is 1.67. The second-order valence-electron chi connectivity index (χ2n) is 4.72. The largest absolute Gasteiger partial charge is 0.351 e. The molecule has 1 rings (SSSR count). The molecule has 0 saturated heterocycles. The Balaban J connectivity index is 0.00000441. The van der Waals surface area contributed by atoms with Gasteiger partial charge in [0, 0.05) is 37.1 Å². The summed E-state index contributed by atoms with van der Waals surface area (Å²) in [5, 5.41) is 2.60. The van der Waals surface area contributed by atoms with Gasteiger partial charge in [-0.2, -0.15) is 0 Å². The number of nitrogens with one attached hydrogen (secondary N) is 1. The number of carbonyl (C=O) groups excluding carboxylic acids is 2. The van der Waals surface area contributed by atoms with Gasteiger partial charge in [0.1, 0.15) is 5.82 Å². The molecule has 0 spiro atoms. The van der Waals surface area contributed by atoms with Gasteiger partial charge in [0.15, 0.2) is 0 Å². The van der Waals surface area contributed by atoms with E-state index in [1.807, 2.05) is 6.92 Å². The summed E-state index contributed by atoms with van der Waals surface area (Å²) in [6, 6.07) is 3.81. The van der Waals surface area contributed by atoms with Crippen LogP contribution < -0.4 is 11.1 Å². The van der Waals surface area contributed by atoms with Crippen LogP contribution >= 0.6 is 28.3 Å². The van der Waals surface area contributed by atoms with Crippen molar-refractivity contribution in [2.75, 3.05) is 20.1 Å². The summed E-state index contributed by atoms with van der Waals surface area (Å²) in [5.41, 5.74) is 5.69. The lowest BCUT2D eigenvalue weighted by Crippen LogP contribution is -2.41. The van der Waals surface area contributed by atoms with Crippen LogP contribution in [0.1, 0.15) is 23.7 Å². The van der Waals surface area contributed by atoms with Crippen molar-refractivity contribution in [1.82, 2.24) is 10.2 Å². The van der Waals surface area contributed by atoms with E-state index in [1.54, 1.807) is 11.9 Å². The van der Waals surface area contributed by atoms with Crippen LogP contribution in [-0.4, -0.2) is 42.9 Å². The third-order valence-corrected chi connectivity index (χ3v) is 3.88. The second kappa shape index (κ2) is 9.76. The number of rotatable bonds is 6. The van der Waals surface area contributed by atoms with Gasteiger partial charge in [-0.05, 0) is 41.1 Å². The molecule has 0 saturated carbocycles. The highest BCUT2D eigenvalue weighted by molar-refractivity contribution is 9.10. The molecule has 1 aromatic rings. The van der Waals surface area contributed by atoms with Crippen molar-refractivity contribution >= 4 is 40.2 Å². The monoisotopic (exact) mass is 395 g/mol. The van der Waals surface area contributed by atoms with E-state index >= 15 is 0 Å². The van der Waals surface area contributed by atoms with E-state index in [4.69, 9.17) is 5.73 Å². The van der Waals surface area contributed by atoms with Crippen LogP contribution in [0.25, 0.3) is 0 Å². The van der Waals surface area contributed by atoms with Crippen LogP contribution in [0.2, 0.25) is 0 Å². The van der Waals surface area contributed by atoms with E-state index in [2.05, 4.69) is 21.2 Å². The normalized spacial score (nSPS) is 11.3. The van der Waals surface area contributed by atoms with Gasteiger partial charge in [0.2, 0.25) is 5.91 Å². The molecule has 0 aliphatic heterocycles. The van der Waals surface area contributed by atoms with Gasteiger partial charge in [-0.3, -0.25) is 9.59 Å². The van der Waals surface area contributed by atoms with Gasteiger partial charge in [-0.15, -0.1) is 12.4 Å². The fraction of sp³-hybridized carbons (Fsp3) is 0.429. The smallest absolute Gasteiger partial charge is 0.252 e. The molecule has 1 atom stereocenters. The van der Waals surface area contributed by atoms with Gasteiger partial charge in [0.25, 0.3) is 5.91 Å². The highest BCUT2D eigenvalue weighted by Crippen LogP contribution is 2.17. The maximum absolute atomic E-state index is 13.1. The standard InChI is InChI=1S/C14H19BrFN3O2.ClH/c1-9(8-17)19(2)13(20)5-6-18-14(21)11-7-10(16)3-4-12(11)15;/h3-4,7,9H,5-6,8,17H2,1-2H3,(H,18,21);1H. The van der Waals surface area contributed by atoms with Gasteiger partial charge < -0.3 is 16.0 Å². The van der Waals surface area contributed by atoms with Crippen molar-refractivity contribution < 1.29 is 14.0 Å². The molecule has 22 heavy (non-hydrogen) atoms. The van der Waals surface area contributed by atoms with Crippen molar-refractivity contribution in [2.45, 2.75) is 19.4 Å². The Kier molecular flexibility index (Phi) is 9.24. The average Bonchev–Trinajstić information content (AvgIpc) is 2.47. The topological polar surface area (TPSA) is 75.4 Å². The lowest BCUT2D eigenvalue weighted by molar-refractivity contribution is -0.131. The van der Waals surface area contributed by atoms with E-state index < -0.39 is 11.7 Å². The van der Waals surface area contributed by atoms with E-state index in [-0.39, 0.29) is 42.9 Å². The fourth-order valence-electron chi connectivity index (χ4n) is 1.63. The zero-order valence-electron chi connectivity index (χ0n) is 12.4. The first kappa shape index (κ1) is 20.8. The Morgan fingerprint density at radius 1 is 1.45 bits per heavy atom. The summed E-state index contributed by atoms with van der Waals surface area (Å²) in [6.07, 6.45) is 0.166. The molecule has 0 aliphatic rings. The second-order valence-corrected chi connectivity index (χ2v) is 5.57. The third-order valence-electron chi connectivity index (χ3n) is 3.19. The van der Waals surface area contributed by atoms with Gasteiger partial charge >= 0.3 is 0 Å². The summed E-state index contributed by atoms with van der Waals surface area (Å²) < 4.78 is 13.6. The van der Waals surface area contributed by atoms with Crippen molar-refractivity contribution in [2.24, 2.45) is 5.73 Å². The van der Waals surface area contributed by atoms with Crippen molar-refractivity contribution in [3.05, 3.63) is 34.1 Å². The molecule has 0 heterocycles. The Morgan fingerprint density at radius 3 is 2.68 bits per heavy atom. The van der Waals surface area contributed by atoms with Crippen LogP contribution in [0.5, 0.6) is 0 Å². The minimum absolute atomic E-state index is 0. The lowest BCUT2D eigenvalue weighted by atomic mass is 10.2. The number of halogens is 3. The molecule has 1 aromatic carbocycles. The quantitative estimate of drug-likeness (QED) is 0.771. The summed E-state index contributed by atoms with van der Waals surface area (Å²) in [4.78, 5) is 25.3. The predicted octanol–water partition coefficient (Wildman–Crippen LogP) is 1.94. The van der Waals surface area contributed by atoms with E-state index in [9.17, 15) is 14.0 Å². The van der Waals surface area contributed by atoms with Crippen LogP contribution in [0, 0.1) is 5.82 Å². The number of hydrogen-bond donors (Lipinski definition) is 2. The molecule has 5 nitrogen and oxygen atoms in total. The number of nitrogens with zero attached hydrogens (tertiary/aromatic N) is 1. The SMILES string of the molecule is CC(CN)N(C)C(=O)CCNC(=O)c1cc(F)ccc1Br.Cl. The number of likely N-dealkylation sites (N-methyl/N-ethyl adjacent to an activating group) is 1. The molecule has 0 fully saturated rings. The number of amides is 2. The minimum Gasteiger partial charge on any atom is -0.351 e. The first-order valence-electron chi connectivity index (χ1n) is 6.55. The van der Waals surface area contributed by atoms with Crippen LogP contribution in [-0.2, 0) is 4.79 Å². The first-order chi connectivity index (χ1) is 9.86. The molecule has 8 heteroatoms. The molecule has 124 valence electrons. The van der Waals surface area contributed by atoms with Crippen LogP contribution in [0.15, 0.2) is 22.7 Å². The molecule has 0 aromatic heterocycles. The van der Waals surface area contributed by atoms with Gasteiger partial charge in [0.05, 0.1) is 5.56 Å². The summed E-state index contributed by atoms with van der Waals surface area (Å²) in [5.74, 6) is -1.02. The number of hydrogen-bond acceptors (Lipinski definition) is 3. The average molecular weight is 397 g/mol. The first-order valence-corrected chi connectivity index (χ1v) is 7.35. The maximum atomic E-state index is 13.1. The molecular formula is C14H20BrClFN3O2. The molecule has 0 bridgehead atoms. The summed E-state index contributed by atoms with van der Waals surface area (Å²) in [6.45, 7) is 2.41. The molecular weight excluding hydrogens is 377 g/mol.